The van der Waals surface area contributed by atoms with Crippen molar-refractivity contribution in [2.75, 3.05) is 26.7 Å². The zero-order chi connectivity index (χ0) is 12.0. The first-order valence-corrected chi connectivity index (χ1v) is 6.33. The van der Waals surface area contributed by atoms with Crippen molar-refractivity contribution in [1.82, 2.24) is 15.5 Å². The molecule has 4 heteroatoms. The fourth-order valence-electron chi connectivity index (χ4n) is 1.49. The summed E-state index contributed by atoms with van der Waals surface area (Å²) in [6.45, 7) is 6.52. The molecule has 0 bridgehead atoms. The maximum atomic E-state index is 11.4. The highest BCUT2D eigenvalue weighted by Gasteiger charge is 2.20. The summed E-state index contributed by atoms with van der Waals surface area (Å²) in [7, 11) is 2.10. The minimum atomic E-state index is 0.115. The summed E-state index contributed by atoms with van der Waals surface area (Å²) in [6.07, 6.45) is 3.60. The second kappa shape index (κ2) is 6.86. The molecule has 1 atom stereocenters. The van der Waals surface area contributed by atoms with E-state index in [1.54, 1.807) is 0 Å². The standard InChI is InChI=1S/C12H25N3O/c1-4-10(2)15(3)8-7-13-12(16)9-14-11-5-6-11/h10-11,14H,4-9H2,1-3H3,(H,13,16). The Morgan fingerprint density at radius 2 is 2.19 bits per heavy atom. The zero-order valence-corrected chi connectivity index (χ0v) is 10.8. The first-order valence-electron chi connectivity index (χ1n) is 6.33. The van der Waals surface area contributed by atoms with Crippen molar-refractivity contribution < 1.29 is 4.79 Å². The molecule has 0 aromatic rings. The van der Waals surface area contributed by atoms with Crippen LogP contribution in [0.4, 0.5) is 0 Å². The Morgan fingerprint density at radius 1 is 1.50 bits per heavy atom. The molecule has 4 nitrogen and oxygen atoms in total. The molecule has 1 saturated carbocycles. The lowest BCUT2D eigenvalue weighted by Gasteiger charge is -2.23. The maximum Gasteiger partial charge on any atom is 0.234 e. The van der Waals surface area contributed by atoms with Gasteiger partial charge in [-0.1, -0.05) is 6.92 Å². The van der Waals surface area contributed by atoms with E-state index in [-0.39, 0.29) is 5.91 Å². The van der Waals surface area contributed by atoms with Crippen LogP contribution in [0.25, 0.3) is 0 Å². The molecule has 0 saturated heterocycles. The highest BCUT2D eigenvalue weighted by atomic mass is 16.1. The number of likely N-dealkylation sites (N-methyl/N-ethyl adjacent to an activating group) is 1. The van der Waals surface area contributed by atoms with Crippen molar-refractivity contribution in [1.29, 1.82) is 0 Å². The summed E-state index contributed by atoms with van der Waals surface area (Å²) in [4.78, 5) is 13.7. The average Bonchev–Trinajstić information content (AvgIpc) is 3.08. The van der Waals surface area contributed by atoms with Crippen LogP contribution in [0.15, 0.2) is 0 Å². The Kier molecular flexibility index (Phi) is 5.77. The smallest absolute Gasteiger partial charge is 0.234 e. The molecular formula is C12H25N3O. The molecule has 0 aliphatic heterocycles. The SMILES string of the molecule is CCC(C)N(C)CCNC(=O)CNC1CC1. The molecule has 1 fully saturated rings. The van der Waals surface area contributed by atoms with E-state index in [0.717, 1.165) is 19.5 Å². The fourth-order valence-corrected chi connectivity index (χ4v) is 1.49. The molecule has 1 amide bonds. The van der Waals surface area contributed by atoms with Crippen molar-refractivity contribution >= 4 is 5.91 Å². The molecular weight excluding hydrogens is 202 g/mol. The highest BCUT2D eigenvalue weighted by Crippen LogP contribution is 2.17. The van der Waals surface area contributed by atoms with E-state index in [4.69, 9.17) is 0 Å². The summed E-state index contributed by atoms with van der Waals surface area (Å²) in [5.41, 5.74) is 0. The molecule has 1 rings (SSSR count). The Balaban J connectivity index is 1.98. The third kappa shape index (κ3) is 5.47. The van der Waals surface area contributed by atoms with Crippen LogP contribution in [0.3, 0.4) is 0 Å². The molecule has 0 heterocycles. The number of carbonyl (C=O) groups excluding carboxylic acids is 1. The highest BCUT2D eigenvalue weighted by molar-refractivity contribution is 5.78. The van der Waals surface area contributed by atoms with Gasteiger partial charge >= 0.3 is 0 Å². The lowest BCUT2D eigenvalue weighted by molar-refractivity contribution is -0.120. The zero-order valence-electron chi connectivity index (χ0n) is 10.8. The van der Waals surface area contributed by atoms with Gasteiger partial charge in [-0.15, -0.1) is 0 Å². The first kappa shape index (κ1) is 13.5. The second-order valence-electron chi connectivity index (χ2n) is 4.74. The molecule has 1 aliphatic rings. The van der Waals surface area contributed by atoms with E-state index in [1.807, 2.05) is 0 Å². The third-order valence-corrected chi connectivity index (χ3v) is 3.26. The van der Waals surface area contributed by atoms with Gasteiger partial charge < -0.3 is 15.5 Å². The Morgan fingerprint density at radius 3 is 2.75 bits per heavy atom. The molecule has 16 heavy (non-hydrogen) atoms. The van der Waals surface area contributed by atoms with Crippen LogP contribution >= 0.6 is 0 Å². The quantitative estimate of drug-likeness (QED) is 0.638. The van der Waals surface area contributed by atoms with E-state index < -0.39 is 0 Å². The number of carbonyl (C=O) groups is 1. The molecule has 0 radical (unpaired) electrons. The van der Waals surface area contributed by atoms with Gasteiger partial charge in [-0.2, -0.15) is 0 Å². The predicted molar refractivity (Wildman–Crippen MR) is 66.4 cm³/mol. The van der Waals surface area contributed by atoms with Gasteiger partial charge in [-0.05, 0) is 33.2 Å². The van der Waals surface area contributed by atoms with Crippen LogP contribution < -0.4 is 10.6 Å². The van der Waals surface area contributed by atoms with Crippen molar-refractivity contribution in [2.45, 2.75) is 45.2 Å². The van der Waals surface area contributed by atoms with Gasteiger partial charge in [0.15, 0.2) is 0 Å². The number of nitrogens with zero attached hydrogens (tertiary/aromatic N) is 1. The maximum absolute atomic E-state index is 11.4. The summed E-state index contributed by atoms with van der Waals surface area (Å²) in [6, 6.07) is 1.19. The van der Waals surface area contributed by atoms with Gasteiger partial charge in [0.05, 0.1) is 6.54 Å². The van der Waals surface area contributed by atoms with Gasteiger partial charge in [-0.25, -0.2) is 0 Å². The molecule has 2 N–H and O–H groups in total. The second-order valence-corrected chi connectivity index (χ2v) is 4.74. The van der Waals surface area contributed by atoms with E-state index in [1.165, 1.54) is 12.8 Å². The van der Waals surface area contributed by atoms with Gasteiger partial charge in [0, 0.05) is 25.2 Å². The van der Waals surface area contributed by atoms with Gasteiger partial charge in [0.25, 0.3) is 0 Å². The number of amides is 1. The summed E-state index contributed by atoms with van der Waals surface area (Å²) in [5.74, 6) is 0.115. The lowest BCUT2D eigenvalue weighted by Crippen LogP contribution is -2.40. The minimum Gasteiger partial charge on any atom is -0.354 e. The van der Waals surface area contributed by atoms with Crippen molar-refractivity contribution in [3.8, 4) is 0 Å². The molecule has 0 aromatic heterocycles. The number of nitrogens with one attached hydrogen (secondary N) is 2. The van der Waals surface area contributed by atoms with Crippen molar-refractivity contribution in [3.63, 3.8) is 0 Å². The molecule has 0 aromatic carbocycles. The average molecular weight is 227 g/mol. The Hall–Kier alpha value is -0.610. The number of rotatable bonds is 8. The number of hydrogen-bond acceptors (Lipinski definition) is 3. The van der Waals surface area contributed by atoms with Crippen molar-refractivity contribution in [3.05, 3.63) is 0 Å². The minimum absolute atomic E-state index is 0.115. The summed E-state index contributed by atoms with van der Waals surface area (Å²) >= 11 is 0. The van der Waals surface area contributed by atoms with Gasteiger partial charge in [0.2, 0.25) is 5.91 Å². The Bertz CT molecular complexity index is 216. The van der Waals surface area contributed by atoms with Crippen LogP contribution in [0.2, 0.25) is 0 Å². The van der Waals surface area contributed by atoms with Crippen molar-refractivity contribution in [2.24, 2.45) is 0 Å². The molecule has 0 spiro atoms. The summed E-state index contributed by atoms with van der Waals surface area (Å²) < 4.78 is 0. The summed E-state index contributed by atoms with van der Waals surface area (Å²) in [5, 5.41) is 6.14. The third-order valence-electron chi connectivity index (χ3n) is 3.26. The monoisotopic (exact) mass is 227 g/mol. The van der Waals surface area contributed by atoms with Gasteiger partial charge in [-0.3, -0.25) is 4.79 Å². The van der Waals surface area contributed by atoms with Crippen LogP contribution in [0, 0.1) is 0 Å². The molecule has 94 valence electrons. The fraction of sp³-hybridized carbons (Fsp3) is 0.917. The first-order chi connectivity index (χ1) is 7.63. The molecule has 1 unspecified atom stereocenters. The number of hydrogen-bond donors (Lipinski definition) is 2. The van der Waals surface area contributed by atoms with E-state index in [9.17, 15) is 4.79 Å². The lowest BCUT2D eigenvalue weighted by atomic mass is 10.2. The Labute approximate surface area is 98.8 Å². The normalized spacial score (nSPS) is 17.5. The van der Waals surface area contributed by atoms with E-state index >= 15 is 0 Å². The van der Waals surface area contributed by atoms with E-state index in [0.29, 0.717) is 18.6 Å². The van der Waals surface area contributed by atoms with Crippen LogP contribution in [0.5, 0.6) is 0 Å². The van der Waals surface area contributed by atoms with E-state index in [2.05, 4.69) is 36.4 Å². The van der Waals surface area contributed by atoms with Crippen LogP contribution in [-0.2, 0) is 4.79 Å². The largest absolute Gasteiger partial charge is 0.354 e. The molecule has 1 aliphatic carbocycles. The van der Waals surface area contributed by atoms with Crippen LogP contribution in [0.1, 0.15) is 33.1 Å². The van der Waals surface area contributed by atoms with Crippen LogP contribution in [-0.4, -0.2) is 49.6 Å². The van der Waals surface area contributed by atoms with Gasteiger partial charge in [0.1, 0.15) is 0 Å². The topological polar surface area (TPSA) is 44.4 Å². The predicted octanol–water partition coefficient (Wildman–Crippen LogP) is 0.585.